The molecule has 1 N–H and O–H groups in total. The number of phenols is 1. The lowest BCUT2D eigenvalue weighted by molar-refractivity contribution is 0.101. The van der Waals surface area contributed by atoms with Crippen LogP contribution in [0.3, 0.4) is 0 Å². The summed E-state index contributed by atoms with van der Waals surface area (Å²) in [6, 6.07) is 17.6. The van der Waals surface area contributed by atoms with Crippen molar-refractivity contribution in [2.75, 3.05) is 50.1 Å². The van der Waals surface area contributed by atoms with Gasteiger partial charge in [0.25, 0.3) is 0 Å². The fourth-order valence-electron chi connectivity index (χ4n) is 4.51. The van der Waals surface area contributed by atoms with Gasteiger partial charge in [-0.2, -0.15) is 0 Å². The van der Waals surface area contributed by atoms with Gasteiger partial charge in [0.1, 0.15) is 17.3 Å². The molecule has 5 rings (SSSR count). The minimum absolute atomic E-state index is 0.120. The van der Waals surface area contributed by atoms with Crippen molar-refractivity contribution in [1.82, 2.24) is 4.90 Å². The van der Waals surface area contributed by atoms with Gasteiger partial charge in [-0.3, -0.25) is 9.69 Å². The summed E-state index contributed by atoms with van der Waals surface area (Å²) in [4.78, 5) is 19.5. The van der Waals surface area contributed by atoms with Crippen LogP contribution in [0.15, 0.2) is 66.4 Å². The standard InChI is InChI=1S/C28H28FN3O3/c1-30(2)21-7-3-19(4-8-21)17-26-27(34)23-11-12-25(33)24(28(23)35-26)18-31-13-15-32(16-14-31)22-9-5-20(29)6-10-22/h3-12,17,33H,13-16,18H2,1-2H3/b26-17+. The van der Waals surface area contributed by atoms with Gasteiger partial charge in [0, 0.05) is 58.2 Å². The number of nitrogens with zero attached hydrogens (tertiary/aromatic N) is 3. The molecule has 0 spiro atoms. The summed E-state index contributed by atoms with van der Waals surface area (Å²) >= 11 is 0. The molecule has 6 nitrogen and oxygen atoms in total. The lowest BCUT2D eigenvalue weighted by Crippen LogP contribution is -2.46. The Labute approximate surface area is 204 Å². The van der Waals surface area contributed by atoms with Crippen LogP contribution in [0.5, 0.6) is 11.5 Å². The molecule has 0 saturated carbocycles. The molecule has 0 radical (unpaired) electrons. The summed E-state index contributed by atoms with van der Waals surface area (Å²) in [5, 5.41) is 10.6. The van der Waals surface area contributed by atoms with Crippen LogP contribution in [0.1, 0.15) is 21.5 Å². The third-order valence-electron chi connectivity index (χ3n) is 6.57. The molecule has 35 heavy (non-hydrogen) atoms. The van der Waals surface area contributed by atoms with Crippen LogP contribution >= 0.6 is 0 Å². The number of phenolic OH excluding ortho intramolecular Hbond substituents is 1. The second-order valence-electron chi connectivity index (χ2n) is 9.11. The van der Waals surface area contributed by atoms with E-state index in [0.29, 0.717) is 23.4 Å². The zero-order valence-corrected chi connectivity index (χ0v) is 19.9. The van der Waals surface area contributed by atoms with Crippen molar-refractivity contribution in [3.63, 3.8) is 0 Å². The maximum atomic E-state index is 13.2. The summed E-state index contributed by atoms with van der Waals surface area (Å²) in [6.45, 7) is 3.60. The third kappa shape index (κ3) is 4.72. The number of allylic oxidation sites excluding steroid dienone is 1. The Morgan fingerprint density at radius 1 is 0.971 bits per heavy atom. The Morgan fingerprint density at radius 3 is 2.31 bits per heavy atom. The number of benzene rings is 3. The van der Waals surface area contributed by atoms with Gasteiger partial charge in [-0.15, -0.1) is 0 Å². The number of fused-ring (bicyclic) bond motifs is 1. The number of halogens is 1. The topological polar surface area (TPSA) is 56.3 Å². The molecule has 2 heterocycles. The van der Waals surface area contributed by atoms with Crippen molar-refractivity contribution < 1.29 is 19.0 Å². The average molecular weight is 474 g/mol. The number of hydrogen-bond donors (Lipinski definition) is 1. The molecular formula is C28H28FN3O3. The summed E-state index contributed by atoms with van der Waals surface area (Å²) in [7, 11) is 3.95. The zero-order chi connectivity index (χ0) is 24.5. The molecule has 3 aromatic carbocycles. The SMILES string of the molecule is CN(C)c1ccc(/C=C2/Oc3c(ccc(O)c3CN3CCN(c4ccc(F)cc4)CC3)C2=O)cc1. The van der Waals surface area contributed by atoms with E-state index in [9.17, 15) is 14.3 Å². The molecule has 180 valence electrons. The first-order chi connectivity index (χ1) is 16.9. The smallest absolute Gasteiger partial charge is 0.231 e. The van der Waals surface area contributed by atoms with Crippen LogP contribution in [0, 0.1) is 5.82 Å². The monoisotopic (exact) mass is 473 g/mol. The molecule has 0 aliphatic carbocycles. The molecule has 0 amide bonds. The lowest BCUT2D eigenvalue weighted by Gasteiger charge is -2.36. The maximum absolute atomic E-state index is 13.2. The molecule has 0 aromatic heterocycles. The molecule has 2 aliphatic rings. The molecule has 2 aliphatic heterocycles. The highest BCUT2D eigenvalue weighted by molar-refractivity contribution is 6.15. The van der Waals surface area contributed by atoms with Crippen molar-refractivity contribution in [3.05, 3.63) is 88.9 Å². The van der Waals surface area contributed by atoms with Gasteiger partial charge in [0.05, 0.1) is 11.1 Å². The number of rotatable bonds is 5. The summed E-state index contributed by atoms with van der Waals surface area (Å²) < 4.78 is 19.3. The summed E-state index contributed by atoms with van der Waals surface area (Å²) in [5.74, 6) is 0.389. The number of carbonyl (C=O) groups excluding carboxylic acids is 1. The van der Waals surface area contributed by atoms with Gasteiger partial charge in [-0.1, -0.05) is 12.1 Å². The van der Waals surface area contributed by atoms with Crippen LogP contribution in [0.4, 0.5) is 15.8 Å². The van der Waals surface area contributed by atoms with E-state index in [1.165, 1.54) is 12.1 Å². The Morgan fingerprint density at radius 2 is 1.66 bits per heavy atom. The molecule has 1 saturated heterocycles. The Hall–Kier alpha value is -3.84. The maximum Gasteiger partial charge on any atom is 0.231 e. The van der Waals surface area contributed by atoms with Gasteiger partial charge in [-0.25, -0.2) is 4.39 Å². The molecular weight excluding hydrogens is 445 g/mol. The van der Waals surface area contributed by atoms with Crippen molar-refractivity contribution in [2.45, 2.75) is 6.54 Å². The molecule has 0 unspecified atom stereocenters. The Bertz CT molecular complexity index is 1260. The number of ketones is 1. The first-order valence-electron chi connectivity index (χ1n) is 11.7. The van der Waals surface area contributed by atoms with Crippen LogP contribution in [-0.4, -0.2) is 56.1 Å². The molecule has 0 bridgehead atoms. The van der Waals surface area contributed by atoms with E-state index in [4.69, 9.17) is 4.74 Å². The summed E-state index contributed by atoms with van der Waals surface area (Å²) in [6.07, 6.45) is 1.74. The quantitative estimate of drug-likeness (QED) is 0.550. The number of anilines is 2. The van der Waals surface area contributed by atoms with Crippen LogP contribution in [0.2, 0.25) is 0 Å². The molecule has 7 heteroatoms. The fourth-order valence-corrected chi connectivity index (χ4v) is 4.51. The van der Waals surface area contributed by atoms with Gasteiger partial charge in [-0.05, 0) is 60.2 Å². The van der Waals surface area contributed by atoms with Crippen molar-refractivity contribution in [1.29, 1.82) is 0 Å². The first kappa shape index (κ1) is 22.9. The second kappa shape index (κ2) is 9.43. The Kier molecular flexibility index (Phi) is 6.17. The van der Waals surface area contributed by atoms with Gasteiger partial charge in [0.15, 0.2) is 5.76 Å². The van der Waals surface area contributed by atoms with Gasteiger partial charge >= 0.3 is 0 Å². The molecule has 3 aromatic rings. The predicted octanol–water partition coefficient (Wildman–Crippen LogP) is 4.54. The van der Waals surface area contributed by atoms with Gasteiger partial charge in [0.2, 0.25) is 5.78 Å². The number of hydrogen-bond acceptors (Lipinski definition) is 6. The zero-order valence-electron chi connectivity index (χ0n) is 19.9. The van der Waals surface area contributed by atoms with Crippen LogP contribution in [-0.2, 0) is 6.54 Å². The highest BCUT2D eigenvalue weighted by Crippen LogP contribution is 2.40. The number of Topliss-reactive ketones (excluding diaryl/α,β-unsaturated/α-hetero) is 1. The van der Waals surface area contributed by atoms with E-state index in [2.05, 4.69) is 9.80 Å². The van der Waals surface area contributed by atoms with Crippen LogP contribution < -0.4 is 14.5 Å². The largest absolute Gasteiger partial charge is 0.507 e. The third-order valence-corrected chi connectivity index (χ3v) is 6.57. The van der Waals surface area contributed by atoms with Crippen LogP contribution in [0.25, 0.3) is 6.08 Å². The number of carbonyl (C=O) groups is 1. The number of ether oxygens (including phenoxy) is 1. The molecule has 1 fully saturated rings. The summed E-state index contributed by atoms with van der Waals surface area (Å²) in [5.41, 5.74) is 4.03. The predicted molar refractivity (Wildman–Crippen MR) is 136 cm³/mol. The van der Waals surface area contributed by atoms with Crippen molar-refractivity contribution in [2.24, 2.45) is 0 Å². The van der Waals surface area contributed by atoms with E-state index in [1.807, 2.05) is 43.3 Å². The van der Waals surface area contributed by atoms with E-state index in [-0.39, 0.29) is 23.1 Å². The van der Waals surface area contributed by atoms with E-state index >= 15 is 0 Å². The fraction of sp³-hybridized carbons (Fsp3) is 0.250. The average Bonchev–Trinajstić information content (AvgIpc) is 3.17. The van der Waals surface area contributed by atoms with E-state index in [0.717, 1.165) is 43.1 Å². The van der Waals surface area contributed by atoms with Crippen molar-refractivity contribution in [3.8, 4) is 11.5 Å². The lowest BCUT2D eigenvalue weighted by atomic mass is 10.0. The number of piperazine rings is 1. The van der Waals surface area contributed by atoms with E-state index in [1.54, 1.807) is 30.3 Å². The normalized spacial score (nSPS) is 16.9. The highest BCUT2D eigenvalue weighted by atomic mass is 19.1. The van der Waals surface area contributed by atoms with Crippen molar-refractivity contribution >= 4 is 23.2 Å². The second-order valence-corrected chi connectivity index (χ2v) is 9.11. The number of aromatic hydroxyl groups is 1. The van der Waals surface area contributed by atoms with Gasteiger partial charge < -0.3 is 19.6 Å². The first-order valence-corrected chi connectivity index (χ1v) is 11.7. The minimum Gasteiger partial charge on any atom is -0.507 e. The Balaban J connectivity index is 1.31. The van der Waals surface area contributed by atoms with E-state index < -0.39 is 0 Å². The minimum atomic E-state index is -0.241. The highest BCUT2D eigenvalue weighted by Gasteiger charge is 2.32. The molecule has 0 atom stereocenters.